The molecule has 15 rings (SSSR count). The highest BCUT2D eigenvalue weighted by atomic mass is 32.1. The molecular formula is C50H25BN2O2S. The average Bonchev–Trinajstić information content (AvgIpc) is 3.92. The molecule has 0 fully saturated rings. The van der Waals surface area contributed by atoms with Gasteiger partial charge in [0.2, 0.25) is 0 Å². The molecule has 0 N–H and O–H groups in total. The van der Waals surface area contributed by atoms with Crippen LogP contribution in [0.25, 0.3) is 120 Å². The third-order valence-corrected chi connectivity index (χ3v) is 13.9. The molecule has 0 aliphatic carbocycles. The lowest BCUT2D eigenvalue weighted by Crippen LogP contribution is -2.58. The summed E-state index contributed by atoms with van der Waals surface area (Å²) in [5.41, 5.74) is 14.1. The number of hydrogen-bond acceptors (Lipinski definition) is 3. The minimum absolute atomic E-state index is 0.271. The maximum Gasteiger partial charge on any atom is 0.342 e. The Labute approximate surface area is 322 Å². The second-order valence-corrected chi connectivity index (χ2v) is 16.4. The van der Waals surface area contributed by atoms with Gasteiger partial charge in [-0.25, -0.2) is 0 Å². The summed E-state index contributed by atoms with van der Waals surface area (Å²) in [5, 5.41) is 15.7. The Morgan fingerprint density at radius 3 is 1.52 bits per heavy atom. The first-order valence-electron chi connectivity index (χ1n) is 19.2. The SMILES string of the molecule is c1ccc2c(-c3cc4c5c(c3)-n3c6cccc7cccc(c8cccc9oc(c3c98)B5c3oc5cccc8c9cccc%10cccc(c%109)n-4c3c58)c76)csc2c1. The van der Waals surface area contributed by atoms with Crippen molar-refractivity contribution in [3.63, 3.8) is 0 Å². The van der Waals surface area contributed by atoms with Crippen molar-refractivity contribution >= 4 is 132 Å². The first-order valence-corrected chi connectivity index (χ1v) is 20.1. The van der Waals surface area contributed by atoms with E-state index in [1.807, 2.05) is 11.3 Å². The highest BCUT2D eigenvalue weighted by molar-refractivity contribution is 7.17. The van der Waals surface area contributed by atoms with Gasteiger partial charge in [0.15, 0.2) is 0 Å². The quantitative estimate of drug-likeness (QED) is 0.158. The number of benzene rings is 8. The predicted molar refractivity (Wildman–Crippen MR) is 235 cm³/mol. The van der Waals surface area contributed by atoms with Gasteiger partial charge in [0.25, 0.3) is 0 Å². The minimum atomic E-state index is -0.271. The third-order valence-electron chi connectivity index (χ3n) is 12.9. The van der Waals surface area contributed by atoms with Gasteiger partial charge in [-0.15, -0.1) is 11.3 Å². The number of hydrogen-bond donors (Lipinski definition) is 0. The first kappa shape index (κ1) is 28.4. The lowest BCUT2D eigenvalue weighted by molar-refractivity contribution is 0.638. The zero-order valence-electron chi connectivity index (χ0n) is 29.6. The van der Waals surface area contributed by atoms with Crippen molar-refractivity contribution in [2.75, 3.05) is 0 Å². The molecule has 0 atom stereocenters. The minimum Gasteiger partial charge on any atom is -0.468 e. The Morgan fingerprint density at radius 2 is 0.946 bits per heavy atom. The van der Waals surface area contributed by atoms with Crippen molar-refractivity contribution in [2.24, 2.45) is 0 Å². The first-order chi connectivity index (χ1) is 27.8. The van der Waals surface area contributed by atoms with Crippen molar-refractivity contribution < 1.29 is 8.83 Å². The molecular weight excluding hydrogens is 703 g/mol. The van der Waals surface area contributed by atoms with E-state index in [1.54, 1.807) is 0 Å². The largest absolute Gasteiger partial charge is 0.468 e. The van der Waals surface area contributed by atoms with E-state index in [2.05, 4.69) is 160 Å². The summed E-state index contributed by atoms with van der Waals surface area (Å²) in [5.74, 6) is 0. The Morgan fingerprint density at radius 1 is 0.464 bits per heavy atom. The molecule has 6 heteroatoms. The number of fused-ring (bicyclic) bond motifs is 9. The molecule has 0 unspecified atom stereocenters. The molecule has 0 saturated carbocycles. The fourth-order valence-corrected chi connectivity index (χ4v) is 11.8. The Bertz CT molecular complexity index is 3740. The molecule has 0 amide bonds. The average molecular weight is 729 g/mol. The van der Waals surface area contributed by atoms with Crippen LogP contribution in [0.15, 0.2) is 160 Å². The monoisotopic (exact) mass is 728 g/mol. The van der Waals surface area contributed by atoms with Gasteiger partial charge >= 0.3 is 6.71 Å². The topological polar surface area (TPSA) is 36.1 Å². The number of nitrogens with zero attached hydrogens (tertiary/aromatic N) is 2. The van der Waals surface area contributed by atoms with Gasteiger partial charge in [-0.3, -0.25) is 0 Å². The summed E-state index contributed by atoms with van der Waals surface area (Å²) in [6, 6.07) is 53.7. The Balaban J connectivity index is 1.26. The summed E-state index contributed by atoms with van der Waals surface area (Å²) >= 11 is 1.81. The molecule has 56 heavy (non-hydrogen) atoms. The van der Waals surface area contributed by atoms with E-state index in [0.29, 0.717) is 0 Å². The summed E-state index contributed by atoms with van der Waals surface area (Å²) in [6.45, 7) is -0.271. The van der Waals surface area contributed by atoms with Crippen LogP contribution in [0.1, 0.15) is 0 Å². The molecule has 0 radical (unpaired) electrons. The van der Waals surface area contributed by atoms with Crippen molar-refractivity contribution in [3.8, 4) is 22.5 Å². The molecule has 5 aromatic heterocycles. The van der Waals surface area contributed by atoms with Crippen LogP contribution in [-0.4, -0.2) is 15.8 Å². The van der Waals surface area contributed by atoms with Gasteiger partial charge in [0, 0.05) is 37.8 Å². The maximum absolute atomic E-state index is 7.23. The van der Waals surface area contributed by atoms with Gasteiger partial charge in [-0.05, 0) is 91.2 Å². The van der Waals surface area contributed by atoms with Crippen molar-refractivity contribution in [1.82, 2.24) is 9.13 Å². The molecule has 0 saturated heterocycles. The predicted octanol–water partition coefficient (Wildman–Crippen LogP) is 11.7. The van der Waals surface area contributed by atoms with Crippen molar-refractivity contribution in [3.05, 3.63) is 151 Å². The smallest absolute Gasteiger partial charge is 0.342 e. The van der Waals surface area contributed by atoms with Crippen molar-refractivity contribution in [2.45, 2.75) is 0 Å². The zero-order chi connectivity index (χ0) is 36.0. The number of aromatic nitrogens is 2. The summed E-state index contributed by atoms with van der Waals surface area (Å²) < 4.78 is 20.8. The van der Waals surface area contributed by atoms with Gasteiger partial charge in [0.05, 0.1) is 32.8 Å². The van der Waals surface area contributed by atoms with E-state index < -0.39 is 0 Å². The molecule has 0 bridgehead atoms. The molecule has 4 nitrogen and oxygen atoms in total. The molecule has 0 spiro atoms. The van der Waals surface area contributed by atoms with E-state index in [9.17, 15) is 0 Å². The van der Waals surface area contributed by atoms with Gasteiger partial charge in [-0.2, -0.15) is 0 Å². The normalized spacial score (nSPS) is 13.3. The maximum atomic E-state index is 7.23. The van der Waals surface area contributed by atoms with E-state index in [0.717, 1.165) is 66.7 Å². The second kappa shape index (κ2) is 9.61. The molecule has 2 aliphatic heterocycles. The number of rotatable bonds is 1. The zero-order valence-corrected chi connectivity index (χ0v) is 30.4. The Kier molecular flexibility index (Phi) is 4.88. The van der Waals surface area contributed by atoms with E-state index >= 15 is 0 Å². The van der Waals surface area contributed by atoms with E-state index in [1.165, 1.54) is 69.8 Å². The molecule has 2 aliphatic rings. The summed E-state index contributed by atoms with van der Waals surface area (Å²) in [4.78, 5) is 0. The van der Waals surface area contributed by atoms with Gasteiger partial charge in [0.1, 0.15) is 22.5 Å². The Hall–Kier alpha value is -7.02. The van der Waals surface area contributed by atoms with Crippen LogP contribution in [0.5, 0.6) is 0 Å². The van der Waals surface area contributed by atoms with E-state index in [4.69, 9.17) is 8.83 Å². The summed E-state index contributed by atoms with van der Waals surface area (Å²) in [7, 11) is 0. The highest BCUT2D eigenvalue weighted by Crippen LogP contribution is 2.45. The number of furan rings is 2. The fourth-order valence-electron chi connectivity index (χ4n) is 10.8. The lowest BCUT2D eigenvalue weighted by atomic mass is 9.38. The van der Waals surface area contributed by atoms with E-state index in [-0.39, 0.29) is 6.71 Å². The highest BCUT2D eigenvalue weighted by Gasteiger charge is 2.46. The number of thiophene rings is 1. The fraction of sp³-hybridized carbons (Fsp3) is 0. The summed E-state index contributed by atoms with van der Waals surface area (Å²) in [6.07, 6.45) is 0. The van der Waals surface area contributed by atoms with Crippen LogP contribution in [0, 0.1) is 0 Å². The van der Waals surface area contributed by atoms with Gasteiger partial charge in [-0.1, -0.05) is 103 Å². The molecule has 13 aromatic rings. The second-order valence-electron chi connectivity index (χ2n) is 15.5. The van der Waals surface area contributed by atoms with Crippen LogP contribution < -0.4 is 16.8 Å². The third kappa shape index (κ3) is 3.17. The van der Waals surface area contributed by atoms with Crippen LogP contribution in [0.4, 0.5) is 0 Å². The van der Waals surface area contributed by atoms with Crippen LogP contribution in [0.3, 0.4) is 0 Å². The molecule has 256 valence electrons. The van der Waals surface area contributed by atoms with Crippen LogP contribution in [0.2, 0.25) is 0 Å². The van der Waals surface area contributed by atoms with Gasteiger partial charge < -0.3 is 18.0 Å². The van der Waals surface area contributed by atoms with Crippen LogP contribution in [-0.2, 0) is 0 Å². The molecule has 8 aromatic carbocycles. The molecule has 7 heterocycles. The lowest BCUT2D eigenvalue weighted by Gasteiger charge is -2.31. The van der Waals surface area contributed by atoms with Crippen molar-refractivity contribution in [1.29, 1.82) is 0 Å². The standard InChI is InChI=1S/C50H25BN2O2S/c1-2-22-41-29(13-1)34(25-56-41)28-23-37-46-38(24-28)53-36-19-6-12-27-10-4-15-31(43(27)36)33-17-8-21-40-45(33)48(53)50(55-40)51(46)49-47-44-32(16-7-20-39(44)54-49)30-14-3-9-26-11-5-18-35(42(26)30)52(37)47/h1-25H. The van der Waals surface area contributed by atoms with Crippen LogP contribution >= 0.6 is 11.3 Å².